The van der Waals surface area contributed by atoms with Gasteiger partial charge < -0.3 is 9.64 Å². The van der Waals surface area contributed by atoms with E-state index in [0.717, 1.165) is 6.07 Å². The maximum Gasteiger partial charge on any atom is 0.272 e. The molecule has 0 spiro atoms. The van der Waals surface area contributed by atoms with E-state index in [9.17, 15) is 18.5 Å². The van der Waals surface area contributed by atoms with Crippen LogP contribution in [0.15, 0.2) is 41.3 Å². The summed E-state index contributed by atoms with van der Waals surface area (Å²) in [4.78, 5) is 12.0. The highest BCUT2D eigenvalue weighted by Gasteiger charge is 2.27. The molecule has 2 aromatic rings. The van der Waals surface area contributed by atoms with E-state index < -0.39 is 14.9 Å². The number of ether oxygens (including phenoxy) is 1. The van der Waals surface area contributed by atoms with E-state index in [1.165, 1.54) is 12.1 Å². The summed E-state index contributed by atoms with van der Waals surface area (Å²) in [5.74, 6) is 0.556. The number of nitro groups is 1. The Morgan fingerprint density at radius 2 is 1.93 bits per heavy atom. The predicted octanol–water partition coefficient (Wildman–Crippen LogP) is 3.21. The van der Waals surface area contributed by atoms with Gasteiger partial charge in [0.25, 0.3) is 5.69 Å². The summed E-state index contributed by atoms with van der Waals surface area (Å²) in [6.07, 6.45) is 0.452. The largest absolute Gasteiger partial charge is 0.488 e. The molecule has 0 radical (unpaired) electrons. The Kier molecular flexibility index (Phi) is 5.48. The minimum atomic E-state index is -4.07. The van der Waals surface area contributed by atoms with Crippen molar-refractivity contribution in [3.63, 3.8) is 0 Å². The molecule has 11 heteroatoms. The topological polar surface area (TPSA) is 116 Å². The summed E-state index contributed by atoms with van der Waals surface area (Å²) in [6, 6.07) is 8.52. The molecule has 0 amide bonds. The van der Waals surface area contributed by atoms with Gasteiger partial charge in [-0.2, -0.15) is 0 Å². The molecule has 2 aromatic carbocycles. The van der Waals surface area contributed by atoms with Crippen LogP contribution in [0.1, 0.15) is 6.42 Å². The van der Waals surface area contributed by atoms with Crippen molar-refractivity contribution in [1.82, 2.24) is 0 Å². The number of hydrogen-bond acceptors (Lipinski definition) is 6. The molecule has 1 saturated heterocycles. The summed E-state index contributed by atoms with van der Waals surface area (Å²) in [7, 11) is -4.07. The Hall–Kier alpha value is -2.07. The molecule has 1 unspecified atom stereocenters. The summed E-state index contributed by atoms with van der Waals surface area (Å²) in [5.41, 5.74) is 0.0545. The monoisotopic (exact) mass is 431 g/mol. The minimum absolute atomic E-state index is 0.195. The van der Waals surface area contributed by atoms with Gasteiger partial charge in [0.2, 0.25) is 10.0 Å². The zero-order chi connectivity index (χ0) is 19.8. The van der Waals surface area contributed by atoms with Gasteiger partial charge in [-0.15, -0.1) is 0 Å². The SMILES string of the molecule is NS(=O)(=O)c1cc(N2CCC(Oc3ccc(Cl)c(Cl)c3)C2)cc([N+](=O)[O-])c1. The van der Waals surface area contributed by atoms with Gasteiger partial charge in [0.05, 0.1) is 26.4 Å². The molecule has 0 bridgehead atoms. The van der Waals surface area contributed by atoms with Crippen molar-refractivity contribution in [2.24, 2.45) is 5.14 Å². The van der Waals surface area contributed by atoms with E-state index in [-0.39, 0.29) is 16.7 Å². The average Bonchev–Trinajstić information content (AvgIpc) is 3.05. The lowest BCUT2D eigenvalue weighted by atomic mass is 10.2. The molecule has 0 aliphatic carbocycles. The lowest BCUT2D eigenvalue weighted by molar-refractivity contribution is -0.385. The number of non-ortho nitro benzene ring substituents is 1. The number of nitrogens with zero attached hydrogens (tertiary/aromatic N) is 2. The van der Waals surface area contributed by atoms with Gasteiger partial charge in [0.1, 0.15) is 11.9 Å². The van der Waals surface area contributed by atoms with Crippen LogP contribution in [0.4, 0.5) is 11.4 Å². The number of primary sulfonamides is 1. The smallest absolute Gasteiger partial charge is 0.272 e. The van der Waals surface area contributed by atoms with Crippen LogP contribution in [0.5, 0.6) is 5.75 Å². The fourth-order valence-electron chi connectivity index (χ4n) is 2.82. The number of benzene rings is 2. The predicted molar refractivity (Wildman–Crippen MR) is 102 cm³/mol. The van der Waals surface area contributed by atoms with Crippen molar-refractivity contribution in [2.45, 2.75) is 17.4 Å². The lowest BCUT2D eigenvalue weighted by Crippen LogP contribution is -2.25. The Balaban J connectivity index is 1.80. The van der Waals surface area contributed by atoms with E-state index in [2.05, 4.69) is 0 Å². The molecule has 2 N–H and O–H groups in total. The van der Waals surface area contributed by atoms with Crippen LogP contribution in [-0.4, -0.2) is 32.5 Å². The Bertz CT molecular complexity index is 1000. The number of rotatable bonds is 5. The average molecular weight is 432 g/mol. The van der Waals surface area contributed by atoms with Crippen molar-refractivity contribution in [3.8, 4) is 5.75 Å². The van der Waals surface area contributed by atoms with Crippen molar-refractivity contribution in [2.75, 3.05) is 18.0 Å². The van der Waals surface area contributed by atoms with E-state index in [1.807, 2.05) is 4.90 Å². The number of halogens is 2. The number of nitro benzene ring substituents is 1. The Labute approximate surface area is 165 Å². The summed E-state index contributed by atoms with van der Waals surface area (Å²) < 4.78 is 29.1. The second-order valence-corrected chi connectivity index (χ2v) is 8.41. The quantitative estimate of drug-likeness (QED) is 0.573. The first-order valence-electron chi connectivity index (χ1n) is 7.82. The number of nitrogens with two attached hydrogens (primary N) is 1. The van der Waals surface area contributed by atoms with E-state index in [4.69, 9.17) is 33.1 Å². The molecule has 1 aliphatic rings. The zero-order valence-electron chi connectivity index (χ0n) is 13.8. The van der Waals surface area contributed by atoms with Crippen LogP contribution in [0, 0.1) is 10.1 Å². The van der Waals surface area contributed by atoms with Gasteiger partial charge in [0, 0.05) is 36.9 Å². The molecule has 144 valence electrons. The van der Waals surface area contributed by atoms with Crippen LogP contribution in [0.3, 0.4) is 0 Å². The molecule has 8 nitrogen and oxygen atoms in total. The third-order valence-electron chi connectivity index (χ3n) is 4.12. The van der Waals surface area contributed by atoms with Crippen molar-refractivity contribution < 1.29 is 18.1 Å². The summed E-state index contributed by atoms with van der Waals surface area (Å²) >= 11 is 11.9. The van der Waals surface area contributed by atoms with E-state index in [0.29, 0.717) is 41.0 Å². The molecule has 1 fully saturated rings. The van der Waals surface area contributed by atoms with Crippen LogP contribution in [0.2, 0.25) is 10.0 Å². The fraction of sp³-hybridized carbons (Fsp3) is 0.250. The number of sulfonamides is 1. The first-order valence-corrected chi connectivity index (χ1v) is 10.1. The van der Waals surface area contributed by atoms with Crippen molar-refractivity contribution >= 4 is 44.6 Å². The van der Waals surface area contributed by atoms with Crippen molar-refractivity contribution in [3.05, 3.63) is 56.6 Å². The molecule has 0 aromatic heterocycles. The van der Waals surface area contributed by atoms with Gasteiger partial charge in [0.15, 0.2) is 0 Å². The number of hydrogen-bond donors (Lipinski definition) is 1. The summed E-state index contributed by atoms with van der Waals surface area (Å²) in [6.45, 7) is 0.961. The Morgan fingerprint density at radius 3 is 2.56 bits per heavy atom. The highest BCUT2D eigenvalue weighted by atomic mass is 35.5. The first kappa shape index (κ1) is 19.7. The van der Waals surface area contributed by atoms with Gasteiger partial charge >= 0.3 is 0 Å². The fourth-order valence-corrected chi connectivity index (χ4v) is 3.68. The zero-order valence-corrected chi connectivity index (χ0v) is 16.2. The molecule has 0 saturated carbocycles. The maximum absolute atomic E-state index is 11.6. The number of anilines is 1. The van der Waals surface area contributed by atoms with E-state index in [1.54, 1.807) is 18.2 Å². The minimum Gasteiger partial charge on any atom is -0.488 e. The second-order valence-electron chi connectivity index (χ2n) is 6.04. The van der Waals surface area contributed by atoms with Gasteiger partial charge in [-0.05, 0) is 18.2 Å². The van der Waals surface area contributed by atoms with Crippen LogP contribution < -0.4 is 14.8 Å². The molecule has 1 atom stereocenters. The van der Waals surface area contributed by atoms with Crippen molar-refractivity contribution in [1.29, 1.82) is 0 Å². The maximum atomic E-state index is 11.6. The lowest BCUT2D eigenvalue weighted by Gasteiger charge is -2.19. The van der Waals surface area contributed by atoms with Gasteiger partial charge in [-0.25, -0.2) is 13.6 Å². The summed E-state index contributed by atoms with van der Waals surface area (Å²) in [5, 5.41) is 17.0. The van der Waals surface area contributed by atoms with Crippen LogP contribution in [0.25, 0.3) is 0 Å². The molecule has 3 rings (SSSR count). The van der Waals surface area contributed by atoms with Gasteiger partial charge in [-0.3, -0.25) is 10.1 Å². The molecule has 27 heavy (non-hydrogen) atoms. The third-order valence-corrected chi connectivity index (χ3v) is 5.75. The van der Waals surface area contributed by atoms with E-state index >= 15 is 0 Å². The highest BCUT2D eigenvalue weighted by molar-refractivity contribution is 7.89. The second kappa shape index (κ2) is 7.51. The molecular formula is C16H15Cl2N3O5S. The Morgan fingerprint density at radius 1 is 1.19 bits per heavy atom. The molecular weight excluding hydrogens is 417 g/mol. The van der Waals surface area contributed by atoms with Gasteiger partial charge in [-0.1, -0.05) is 23.2 Å². The first-order chi connectivity index (χ1) is 12.6. The third kappa shape index (κ3) is 4.62. The normalized spacial score (nSPS) is 17.1. The molecule has 1 heterocycles. The standard InChI is InChI=1S/C16H15Cl2N3O5S/c17-15-2-1-12(8-16(15)18)26-13-3-4-20(9-13)10-5-11(21(22)23)7-14(6-10)27(19,24)25/h1-2,5-8,13H,3-4,9H2,(H2,19,24,25). The molecule has 1 aliphatic heterocycles. The van der Waals surface area contributed by atoms with Crippen LogP contribution >= 0.6 is 23.2 Å². The highest BCUT2D eigenvalue weighted by Crippen LogP contribution is 2.31. The van der Waals surface area contributed by atoms with Crippen LogP contribution in [-0.2, 0) is 10.0 Å².